The average Bonchev–Trinajstić information content (AvgIpc) is 2.96. The van der Waals surface area contributed by atoms with E-state index in [0.717, 1.165) is 6.08 Å². The molecule has 8 nitrogen and oxygen atoms in total. The number of rotatable bonds is 4. The van der Waals surface area contributed by atoms with Gasteiger partial charge in [0.15, 0.2) is 5.82 Å². The third-order valence-corrected chi connectivity index (χ3v) is 2.44. The quantitative estimate of drug-likeness (QED) is 0.422. The highest BCUT2D eigenvalue weighted by Crippen LogP contribution is 2.15. The first-order valence-electron chi connectivity index (χ1n) is 5.19. The van der Waals surface area contributed by atoms with Crippen molar-refractivity contribution in [3.8, 4) is 0 Å². The summed E-state index contributed by atoms with van der Waals surface area (Å²) >= 11 is 0. The van der Waals surface area contributed by atoms with Crippen LogP contribution in [0.2, 0.25) is 0 Å². The number of aliphatic hydroxyl groups excluding tert-OH is 1. The number of nitrogens with one attached hydrogen (secondary N) is 1. The zero-order valence-electron chi connectivity index (χ0n) is 9.86. The molecule has 0 unspecified atom stereocenters. The van der Waals surface area contributed by atoms with Crippen molar-refractivity contribution < 1.29 is 19.8 Å². The van der Waals surface area contributed by atoms with Crippen LogP contribution >= 0.6 is 0 Å². The van der Waals surface area contributed by atoms with E-state index in [9.17, 15) is 14.7 Å². The molecule has 2 aromatic rings. The number of nitrogens with zero attached hydrogens (tertiary/aromatic N) is 3. The Morgan fingerprint density at radius 2 is 2.16 bits per heavy atom. The summed E-state index contributed by atoms with van der Waals surface area (Å²) in [6.07, 6.45) is 3.52. The van der Waals surface area contributed by atoms with Gasteiger partial charge in [-0.25, -0.2) is 9.78 Å². The third kappa shape index (κ3) is 2.51. The molecule has 0 fully saturated rings. The van der Waals surface area contributed by atoms with Gasteiger partial charge >= 0.3 is 5.97 Å². The minimum atomic E-state index is -1.12. The van der Waals surface area contributed by atoms with E-state index >= 15 is 0 Å². The molecular weight excluding hydrogens is 252 g/mol. The molecule has 0 atom stereocenters. The maximum absolute atomic E-state index is 11.6. The molecule has 0 bridgehead atoms. The maximum Gasteiger partial charge on any atom is 0.352 e. The maximum atomic E-state index is 11.6. The number of carboxylic acids is 1. The van der Waals surface area contributed by atoms with Crippen LogP contribution in [0, 0.1) is 0 Å². The van der Waals surface area contributed by atoms with Crippen molar-refractivity contribution in [3.05, 3.63) is 41.7 Å². The van der Waals surface area contributed by atoms with Crippen LogP contribution in [0.5, 0.6) is 0 Å². The number of carboxylic acid groups (broad SMARTS) is 1. The van der Waals surface area contributed by atoms with Gasteiger partial charge in [-0.05, 0) is 6.07 Å². The van der Waals surface area contributed by atoms with Gasteiger partial charge in [0.2, 0.25) is 5.78 Å². The number of aromatic carboxylic acids is 1. The Balaban J connectivity index is 2.29. The minimum absolute atomic E-state index is 0.00191. The van der Waals surface area contributed by atoms with E-state index in [4.69, 9.17) is 5.11 Å². The van der Waals surface area contributed by atoms with Crippen molar-refractivity contribution in [2.45, 2.75) is 0 Å². The van der Waals surface area contributed by atoms with Gasteiger partial charge in [-0.2, -0.15) is 5.10 Å². The molecule has 2 rings (SSSR count). The second-order valence-electron chi connectivity index (χ2n) is 3.76. The van der Waals surface area contributed by atoms with E-state index in [1.54, 1.807) is 0 Å². The lowest BCUT2D eigenvalue weighted by molar-refractivity contribution is 0.0686. The summed E-state index contributed by atoms with van der Waals surface area (Å²) < 4.78 is 1.33. The molecule has 2 heterocycles. The van der Waals surface area contributed by atoms with Gasteiger partial charge < -0.3 is 14.8 Å². The van der Waals surface area contributed by atoms with E-state index in [0.29, 0.717) is 0 Å². The molecule has 0 aliphatic heterocycles. The van der Waals surface area contributed by atoms with Gasteiger partial charge in [0, 0.05) is 24.9 Å². The Kier molecular flexibility index (Phi) is 3.15. The fraction of sp³-hybridized carbons (Fsp3) is 0.0909. The minimum Gasteiger partial charge on any atom is -0.507 e. The summed E-state index contributed by atoms with van der Waals surface area (Å²) in [6.45, 7) is 0. The number of aryl methyl sites for hydroxylation is 1. The highest BCUT2D eigenvalue weighted by atomic mass is 16.4. The Labute approximate surface area is 107 Å². The monoisotopic (exact) mass is 262 g/mol. The van der Waals surface area contributed by atoms with Gasteiger partial charge in [-0.3, -0.25) is 9.89 Å². The number of aliphatic hydroxyl groups is 1. The van der Waals surface area contributed by atoms with Crippen LogP contribution in [0.25, 0.3) is 5.76 Å². The molecule has 2 aromatic heterocycles. The van der Waals surface area contributed by atoms with Crippen LogP contribution in [-0.4, -0.2) is 41.7 Å². The molecule has 0 saturated heterocycles. The molecular formula is C11H10N4O4. The van der Waals surface area contributed by atoms with Gasteiger partial charge in [-0.15, -0.1) is 0 Å². The highest BCUT2D eigenvalue weighted by molar-refractivity contribution is 6.05. The highest BCUT2D eigenvalue weighted by Gasteiger charge is 2.14. The van der Waals surface area contributed by atoms with Gasteiger partial charge in [0.1, 0.15) is 17.8 Å². The zero-order chi connectivity index (χ0) is 14.0. The predicted octanol–water partition coefficient (Wildman–Crippen LogP) is 0.623. The van der Waals surface area contributed by atoms with Crippen molar-refractivity contribution in [1.82, 2.24) is 19.7 Å². The number of aromatic nitrogens is 4. The molecule has 0 aliphatic carbocycles. The largest absolute Gasteiger partial charge is 0.507 e. The predicted molar refractivity (Wildman–Crippen MR) is 63.7 cm³/mol. The molecule has 3 N–H and O–H groups in total. The number of carbonyl (C=O) groups excluding carboxylic acids is 1. The molecule has 0 spiro atoms. The topological polar surface area (TPSA) is 121 Å². The number of aromatic amines is 1. The molecule has 98 valence electrons. The van der Waals surface area contributed by atoms with Gasteiger partial charge in [-0.1, -0.05) is 0 Å². The fourth-order valence-corrected chi connectivity index (χ4v) is 1.52. The average molecular weight is 262 g/mol. The lowest BCUT2D eigenvalue weighted by Gasteiger charge is -1.94. The van der Waals surface area contributed by atoms with Crippen LogP contribution in [-0.2, 0) is 7.05 Å². The van der Waals surface area contributed by atoms with E-state index in [2.05, 4.69) is 15.2 Å². The standard InChI is InChI=1S/C11H10N4O4/c1-15-4-6(2-7(15)11(18)19)8(16)3-9(17)10-12-5-13-14-10/h2-5,16H,1H3,(H,18,19)(H,12,13,14)/b8-3+. The summed E-state index contributed by atoms with van der Waals surface area (Å²) in [4.78, 5) is 26.1. The van der Waals surface area contributed by atoms with Crippen LogP contribution in [0.15, 0.2) is 24.7 Å². The van der Waals surface area contributed by atoms with E-state index in [1.165, 1.54) is 30.2 Å². The first-order chi connectivity index (χ1) is 8.99. The number of hydrogen-bond donors (Lipinski definition) is 3. The van der Waals surface area contributed by atoms with Crippen LogP contribution < -0.4 is 0 Å². The van der Waals surface area contributed by atoms with Crippen molar-refractivity contribution in [2.24, 2.45) is 7.05 Å². The molecule has 0 saturated carbocycles. The van der Waals surface area contributed by atoms with E-state index in [-0.39, 0.29) is 22.8 Å². The number of H-pyrrole nitrogens is 1. The number of carbonyl (C=O) groups is 2. The lowest BCUT2D eigenvalue weighted by atomic mass is 10.2. The van der Waals surface area contributed by atoms with Crippen LogP contribution in [0.3, 0.4) is 0 Å². The number of allylic oxidation sites excluding steroid dienone is 1. The molecule has 0 radical (unpaired) electrons. The fourth-order valence-electron chi connectivity index (χ4n) is 1.52. The van der Waals surface area contributed by atoms with Crippen molar-refractivity contribution >= 4 is 17.5 Å². The van der Waals surface area contributed by atoms with Crippen LogP contribution in [0.1, 0.15) is 26.7 Å². The Hall–Kier alpha value is -2.90. The van der Waals surface area contributed by atoms with Crippen LogP contribution in [0.4, 0.5) is 0 Å². The summed E-state index contributed by atoms with van der Waals surface area (Å²) in [5.74, 6) is -2.04. The zero-order valence-corrected chi connectivity index (χ0v) is 9.86. The second-order valence-corrected chi connectivity index (χ2v) is 3.76. The Morgan fingerprint density at radius 1 is 1.42 bits per heavy atom. The SMILES string of the molecule is Cn1cc(/C(O)=C\C(=O)c2ncn[nH]2)cc1C(=O)O. The summed E-state index contributed by atoms with van der Waals surface area (Å²) in [5, 5.41) is 24.5. The van der Waals surface area contributed by atoms with Crippen molar-refractivity contribution in [2.75, 3.05) is 0 Å². The Bertz CT molecular complexity index is 654. The Morgan fingerprint density at radius 3 is 2.68 bits per heavy atom. The van der Waals surface area contributed by atoms with E-state index < -0.39 is 11.8 Å². The third-order valence-electron chi connectivity index (χ3n) is 2.44. The molecule has 0 aliphatic rings. The second kappa shape index (κ2) is 4.77. The van der Waals surface area contributed by atoms with E-state index in [1.807, 2.05) is 0 Å². The molecule has 8 heteroatoms. The van der Waals surface area contributed by atoms with Crippen molar-refractivity contribution in [1.29, 1.82) is 0 Å². The van der Waals surface area contributed by atoms with Gasteiger partial charge in [0.05, 0.1) is 0 Å². The lowest BCUT2D eigenvalue weighted by Crippen LogP contribution is -2.02. The number of ketones is 1. The van der Waals surface area contributed by atoms with Gasteiger partial charge in [0.25, 0.3) is 0 Å². The number of hydrogen-bond acceptors (Lipinski definition) is 5. The summed E-state index contributed by atoms with van der Waals surface area (Å²) in [7, 11) is 1.53. The normalized spacial score (nSPS) is 11.5. The molecule has 0 aromatic carbocycles. The summed E-state index contributed by atoms with van der Waals surface area (Å²) in [5.41, 5.74) is 0.231. The smallest absolute Gasteiger partial charge is 0.352 e. The molecule has 0 amide bonds. The van der Waals surface area contributed by atoms with Crippen molar-refractivity contribution in [3.63, 3.8) is 0 Å². The first-order valence-corrected chi connectivity index (χ1v) is 5.19. The molecule has 19 heavy (non-hydrogen) atoms. The first kappa shape index (κ1) is 12.6. The summed E-state index contributed by atoms with van der Waals surface area (Å²) in [6, 6.07) is 1.27.